The van der Waals surface area contributed by atoms with Crippen LogP contribution in [0.4, 0.5) is 0 Å². The second-order valence-electron chi connectivity index (χ2n) is 5.10. The molecule has 1 saturated carbocycles. The predicted octanol–water partition coefficient (Wildman–Crippen LogP) is 1.01. The Balaban J connectivity index is 2.43. The molecule has 7 heteroatoms. The lowest BCUT2D eigenvalue weighted by Gasteiger charge is -2.22. The minimum absolute atomic E-state index is 0.0304. The third-order valence-corrected chi connectivity index (χ3v) is 4.88. The van der Waals surface area contributed by atoms with E-state index in [0.717, 1.165) is 25.7 Å². The maximum absolute atomic E-state index is 11.9. The monoisotopic (exact) mass is 277 g/mol. The zero-order valence-electron chi connectivity index (χ0n) is 10.8. The molecular formula is C11H23N3O3S. The van der Waals surface area contributed by atoms with Crippen LogP contribution in [0.2, 0.25) is 0 Å². The molecule has 4 N–H and O–H groups in total. The van der Waals surface area contributed by atoms with Gasteiger partial charge in [0.25, 0.3) is 0 Å². The number of hydrogen-bond acceptors (Lipinski definition) is 4. The summed E-state index contributed by atoms with van der Waals surface area (Å²) in [7, 11) is -3.28. The molecule has 0 heterocycles. The number of amidine groups is 1. The summed E-state index contributed by atoms with van der Waals surface area (Å²) < 4.78 is 26.4. The minimum Gasteiger partial charge on any atom is -0.409 e. The fourth-order valence-electron chi connectivity index (χ4n) is 2.41. The average molecular weight is 277 g/mol. The van der Waals surface area contributed by atoms with Crippen LogP contribution in [0.25, 0.3) is 0 Å². The first-order valence-electron chi connectivity index (χ1n) is 6.39. The highest BCUT2D eigenvalue weighted by molar-refractivity contribution is 7.89. The van der Waals surface area contributed by atoms with Crippen LogP contribution in [0.15, 0.2) is 5.16 Å². The normalized spacial score (nSPS) is 20.8. The topological polar surface area (TPSA) is 105 Å². The molecule has 1 unspecified atom stereocenters. The Morgan fingerprint density at radius 2 is 2.06 bits per heavy atom. The second-order valence-corrected chi connectivity index (χ2v) is 6.90. The summed E-state index contributed by atoms with van der Waals surface area (Å²) in [4.78, 5) is 0. The zero-order valence-corrected chi connectivity index (χ0v) is 11.6. The van der Waals surface area contributed by atoms with Crippen LogP contribution in [0, 0.1) is 5.92 Å². The number of oxime groups is 1. The number of rotatable bonds is 6. The van der Waals surface area contributed by atoms with Gasteiger partial charge < -0.3 is 10.9 Å². The third-order valence-electron chi connectivity index (χ3n) is 3.20. The van der Waals surface area contributed by atoms with Gasteiger partial charge in [0, 0.05) is 12.5 Å². The highest BCUT2D eigenvalue weighted by atomic mass is 32.2. The van der Waals surface area contributed by atoms with Crippen molar-refractivity contribution in [2.75, 3.05) is 5.75 Å². The standard InChI is InChI=1S/C11H23N3O3S/c1-9(7-11(12)13-15)14-18(16,17)8-10-5-3-2-4-6-10/h9-10,14-15H,2-8H2,1H3,(H2,12,13). The Hall–Kier alpha value is -0.820. The van der Waals surface area contributed by atoms with E-state index in [0.29, 0.717) is 0 Å². The summed E-state index contributed by atoms with van der Waals surface area (Å²) in [5.41, 5.74) is 5.34. The van der Waals surface area contributed by atoms with Crippen LogP contribution in [0.1, 0.15) is 45.4 Å². The molecule has 106 valence electrons. The van der Waals surface area contributed by atoms with E-state index in [2.05, 4.69) is 9.88 Å². The molecule has 18 heavy (non-hydrogen) atoms. The van der Waals surface area contributed by atoms with Crippen LogP contribution in [-0.4, -0.2) is 31.3 Å². The summed E-state index contributed by atoms with van der Waals surface area (Å²) in [5.74, 6) is 0.489. The van der Waals surface area contributed by atoms with Crippen LogP contribution < -0.4 is 10.5 Å². The molecule has 0 radical (unpaired) electrons. The maximum Gasteiger partial charge on any atom is 0.212 e. The van der Waals surface area contributed by atoms with E-state index in [4.69, 9.17) is 10.9 Å². The Labute approximate surface area is 109 Å². The minimum atomic E-state index is -3.28. The molecule has 0 aliphatic heterocycles. The number of nitrogens with zero attached hydrogens (tertiary/aromatic N) is 1. The Kier molecular flexibility index (Phi) is 5.87. The van der Waals surface area contributed by atoms with E-state index in [9.17, 15) is 8.42 Å². The van der Waals surface area contributed by atoms with Gasteiger partial charge in [-0.15, -0.1) is 0 Å². The van der Waals surface area contributed by atoms with E-state index in [-0.39, 0.29) is 30.0 Å². The molecule has 0 saturated heterocycles. The van der Waals surface area contributed by atoms with Crippen molar-refractivity contribution in [3.63, 3.8) is 0 Å². The molecule has 1 fully saturated rings. The largest absolute Gasteiger partial charge is 0.409 e. The Bertz CT molecular complexity index is 375. The maximum atomic E-state index is 11.9. The van der Waals surface area contributed by atoms with E-state index < -0.39 is 10.0 Å². The predicted molar refractivity (Wildman–Crippen MR) is 71.0 cm³/mol. The SMILES string of the molecule is CC(CC(N)=NO)NS(=O)(=O)CC1CCCCC1. The fraction of sp³-hybridized carbons (Fsp3) is 0.909. The third kappa shape index (κ3) is 5.68. The van der Waals surface area contributed by atoms with Crippen LogP contribution >= 0.6 is 0 Å². The summed E-state index contributed by atoms with van der Waals surface area (Å²) >= 11 is 0. The molecule has 0 aromatic carbocycles. The lowest BCUT2D eigenvalue weighted by Crippen LogP contribution is -2.38. The van der Waals surface area contributed by atoms with Gasteiger partial charge in [0.05, 0.1) is 5.75 Å². The van der Waals surface area contributed by atoms with Crippen molar-refractivity contribution in [2.45, 2.75) is 51.5 Å². The quantitative estimate of drug-likeness (QED) is 0.291. The fourth-order valence-corrected chi connectivity index (χ4v) is 4.16. The summed E-state index contributed by atoms with van der Waals surface area (Å²) in [6, 6.07) is -0.352. The first-order chi connectivity index (χ1) is 8.43. The van der Waals surface area contributed by atoms with Crippen molar-refractivity contribution in [3.8, 4) is 0 Å². The van der Waals surface area contributed by atoms with Gasteiger partial charge in [-0.05, 0) is 25.7 Å². The van der Waals surface area contributed by atoms with Gasteiger partial charge in [0.15, 0.2) is 0 Å². The first kappa shape index (κ1) is 15.2. The van der Waals surface area contributed by atoms with Crippen molar-refractivity contribution in [1.29, 1.82) is 0 Å². The van der Waals surface area contributed by atoms with Crippen molar-refractivity contribution >= 4 is 15.9 Å². The molecule has 1 atom stereocenters. The van der Waals surface area contributed by atoms with Gasteiger partial charge in [-0.1, -0.05) is 24.4 Å². The van der Waals surface area contributed by atoms with E-state index in [1.54, 1.807) is 6.92 Å². The lowest BCUT2D eigenvalue weighted by molar-refractivity contribution is 0.316. The van der Waals surface area contributed by atoms with E-state index in [1.807, 2.05) is 0 Å². The molecule has 0 bridgehead atoms. The van der Waals surface area contributed by atoms with Crippen molar-refractivity contribution in [3.05, 3.63) is 0 Å². The highest BCUT2D eigenvalue weighted by Gasteiger charge is 2.22. The molecule has 0 amide bonds. The van der Waals surface area contributed by atoms with Gasteiger partial charge in [-0.3, -0.25) is 0 Å². The van der Waals surface area contributed by atoms with Gasteiger partial charge in [-0.2, -0.15) is 0 Å². The molecule has 0 aromatic heterocycles. The van der Waals surface area contributed by atoms with Gasteiger partial charge >= 0.3 is 0 Å². The number of nitrogens with two attached hydrogens (primary N) is 1. The number of hydrogen-bond donors (Lipinski definition) is 3. The highest BCUT2D eigenvalue weighted by Crippen LogP contribution is 2.24. The van der Waals surface area contributed by atoms with Crippen molar-refractivity contribution in [2.24, 2.45) is 16.8 Å². The molecule has 1 aliphatic carbocycles. The van der Waals surface area contributed by atoms with E-state index >= 15 is 0 Å². The smallest absolute Gasteiger partial charge is 0.212 e. The molecule has 1 rings (SSSR count). The average Bonchev–Trinajstić information content (AvgIpc) is 2.28. The summed E-state index contributed by atoms with van der Waals surface area (Å²) in [5, 5.41) is 11.3. The molecule has 1 aliphatic rings. The molecular weight excluding hydrogens is 254 g/mol. The number of sulfonamides is 1. The molecule has 0 spiro atoms. The van der Waals surface area contributed by atoms with Gasteiger partial charge in [-0.25, -0.2) is 13.1 Å². The zero-order chi connectivity index (χ0) is 13.6. The van der Waals surface area contributed by atoms with Crippen molar-refractivity contribution < 1.29 is 13.6 Å². The van der Waals surface area contributed by atoms with Gasteiger partial charge in [0.1, 0.15) is 5.84 Å². The first-order valence-corrected chi connectivity index (χ1v) is 8.04. The van der Waals surface area contributed by atoms with E-state index in [1.165, 1.54) is 6.42 Å². The summed E-state index contributed by atoms with van der Waals surface area (Å²) in [6.45, 7) is 1.70. The molecule has 0 aromatic rings. The summed E-state index contributed by atoms with van der Waals surface area (Å²) in [6.07, 6.45) is 5.66. The Morgan fingerprint density at radius 3 is 2.61 bits per heavy atom. The lowest BCUT2D eigenvalue weighted by atomic mass is 9.91. The molecule has 6 nitrogen and oxygen atoms in total. The Morgan fingerprint density at radius 1 is 1.44 bits per heavy atom. The van der Waals surface area contributed by atoms with Crippen LogP contribution in [-0.2, 0) is 10.0 Å². The van der Waals surface area contributed by atoms with Crippen LogP contribution in [0.3, 0.4) is 0 Å². The van der Waals surface area contributed by atoms with Gasteiger partial charge in [0.2, 0.25) is 10.0 Å². The van der Waals surface area contributed by atoms with Crippen molar-refractivity contribution in [1.82, 2.24) is 4.72 Å². The van der Waals surface area contributed by atoms with Crippen LogP contribution in [0.5, 0.6) is 0 Å². The second kappa shape index (κ2) is 6.94. The number of nitrogens with one attached hydrogen (secondary N) is 1.